The van der Waals surface area contributed by atoms with Crippen LogP contribution in [0.2, 0.25) is 0 Å². The second-order valence-corrected chi connectivity index (χ2v) is 7.77. The number of nitrogens with zero attached hydrogens (tertiary/aromatic N) is 2. The minimum Gasteiger partial charge on any atom is -0.493 e. The van der Waals surface area contributed by atoms with Gasteiger partial charge in [-0.3, -0.25) is 0 Å². The highest BCUT2D eigenvalue weighted by Gasteiger charge is 2.20. The summed E-state index contributed by atoms with van der Waals surface area (Å²) in [4.78, 5) is 2.26. The number of anilines is 1. The van der Waals surface area contributed by atoms with E-state index in [2.05, 4.69) is 23.0 Å². The number of aryl methyl sites for hydroxylation is 2. The maximum atomic E-state index is 14.1. The molecule has 4 rings (SSSR count). The second kappa shape index (κ2) is 9.37. The first-order valence-electron chi connectivity index (χ1n) is 10.8. The number of methoxy groups -OCH3 is 1. The van der Waals surface area contributed by atoms with Gasteiger partial charge in [-0.1, -0.05) is 18.1 Å². The fourth-order valence-corrected chi connectivity index (χ4v) is 4.11. The molecular weight excluding hydrogens is 383 g/mol. The third-order valence-corrected chi connectivity index (χ3v) is 5.74. The summed E-state index contributed by atoms with van der Waals surface area (Å²) < 4.78 is 31.0. The summed E-state index contributed by atoms with van der Waals surface area (Å²) in [5, 5.41) is 5.18. The van der Waals surface area contributed by atoms with E-state index in [4.69, 9.17) is 14.0 Å². The van der Waals surface area contributed by atoms with E-state index in [1.54, 1.807) is 13.2 Å². The molecule has 6 heteroatoms. The van der Waals surface area contributed by atoms with Crippen molar-refractivity contribution >= 4 is 16.7 Å². The number of hydrogen-bond donors (Lipinski definition) is 0. The Labute approximate surface area is 176 Å². The van der Waals surface area contributed by atoms with Crippen molar-refractivity contribution in [3.63, 3.8) is 0 Å². The highest BCUT2D eigenvalue weighted by atomic mass is 19.1. The van der Waals surface area contributed by atoms with Gasteiger partial charge in [0.1, 0.15) is 5.82 Å². The van der Waals surface area contributed by atoms with Gasteiger partial charge in [-0.15, -0.1) is 0 Å². The average molecular weight is 413 g/mol. The van der Waals surface area contributed by atoms with E-state index in [1.807, 2.05) is 12.1 Å². The van der Waals surface area contributed by atoms with Crippen LogP contribution in [0.5, 0.6) is 11.5 Å². The fourth-order valence-electron chi connectivity index (χ4n) is 4.11. The average Bonchev–Trinajstić information content (AvgIpc) is 3.19. The predicted octanol–water partition coefficient (Wildman–Crippen LogP) is 5.54. The van der Waals surface area contributed by atoms with Crippen LogP contribution in [0.15, 0.2) is 34.9 Å². The van der Waals surface area contributed by atoms with Crippen molar-refractivity contribution in [2.24, 2.45) is 0 Å². The first kappa shape index (κ1) is 20.5. The van der Waals surface area contributed by atoms with E-state index in [9.17, 15) is 4.39 Å². The van der Waals surface area contributed by atoms with E-state index in [0.29, 0.717) is 18.6 Å². The van der Waals surface area contributed by atoms with Crippen LogP contribution < -0.4 is 14.4 Å². The smallest absolute Gasteiger partial charge is 0.172 e. The molecule has 0 unspecified atom stereocenters. The molecule has 0 atom stereocenters. The van der Waals surface area contributed by atoms with Gasteiger partial charge in [-0.2, -0.15) is 0 Å². The Morgan fingerprint density at radius 1 is 1.10 bits per heavy atom. The Bertz CT molecular complexity index is 996. The lowest BCUT2D eigenvalue weighted by atomic mass is 10.1. The van der Waals surface area contributed by atoms with Gasteiger partial charge in [-0.05, 0) is 62.3 Å². The van der Waals surface area contributed by atoms with Crippen LogP contribution in [0.4, 0.5) is 10.1 Å². The van der Waals surface area contributed by atoms with Crippen LogP contribution in [0.1, 0.15) is 43.9 Å². The van der Waals surface area contributed by atoms with E-state index in [0.717, 1.165) is 67.0 Å². The summed E-state index contributed by atoms with van der Waals surface area (Å²) in [5.74, 6) is 1.22. The molecule has 1 aliphatic rings. The van der Waals surface area contributed by atoms with Gasteiger partial charge in [0.25, 0.3) is 0 Å². The molecule has 1 aromatic heterocycles. The molecule has 0 N–H and O–H groups in total. The van der Waals surface area contributed by atoms with Crippen molar-refractivity contribution < 1.29 is 18.4 Å². The molecular formula is C24H29FN2O3. The quantitative estimate of drug-likeness (QED) is 0.455. The Kier molecular flexibility index (Phi) is 6.41. The highest BCUT2D eigenvalue weighted by molar-refractivity contribution is 5.93. The minimum absolute atomic E-state index is 0.281. The van der Waals surface area contributed by atoms with Crippen LogP contribution in [0.25, 0.3) is 11.0 Å². The van der Waals surface area contributed by atoms with Crippen molar-refractivity contribution in [1.29, 1.82) is 0 Å². The Balaban J connectivity index is 1.46. The molecule has 0 spiro atoms. The molecule has 1 fully saturated rings. The van der Waals surface area contributed by atoms with Gasteiger partial charge in [0, 0.05) is 19.2 Å². The van der Waals surface area contributed by atoms with Crippen molar-refractivity contribution in [3.05, 3.63) is 47.4 Å². The zero-order valence-electron chi connectivity index (χ0n) is 17.7. The van der Waals surface area contributed by atoms with Crippen LogP contribution in [-0.4, -0.2) is 32.0 Å². The fraction of sp³-hybridized carbons (Fsp3) is 0.458. The molecule has 2 aromatic carbocycles. The molecule has 0 aliphatic carbocycles. The normalized spacial score (nSPS) is 14.3. The highest BCUT2D eigenvalue weighted by Crippen LogP contribution is 2.34. The molecule has 30 heavy (non-hydrogen) atoms. The van der Waals surface area contributed by atoms with Crippen LogP contribution >= 0.6 is 0 Å². The standard InChI is InChI=1S/C24H29FN2O3/c1-3-17-9-10-21(22(14-17)28-2)29-13-7-8-19-24-20(27-11-5-4-6-12-27)15-18(25)16-23(24)30-26-19/h9-10,14-16H,3-8,11-13H2,1-2H3. The van der Waals surface area contributed by atoms with Crippen LogP contribution in [0, 0.1) is 5.82 Å². The molecule has 1 aliphatic heterocycles. The summed E-state index contributed by atoms with van der Waals surface area (Å²) >= 11 is 0. The van der Waals surface area contributed by atoms with Crippen molar-refractivity contribution in [3.8, 4) is 11.5 Å². The number of piperidine rings is 1. The Hall–Kier alpha value is -2.76. The van der Waals surface area contributed by atoms with Crippen molar-refractivity contribution in [2.45, 2.75) is 45.4 Å². The number of halogens is 1. The maximum Gasteiger partial charge on any atom is 0.172 e. The van der Waals surface area contributed by atoms with E-state index in [1.165, 1.54) is 18.1 Å². The number of aromatic nitrogens is 1. The van der Waals surface area contributed by atoms with Crippen LogP contribution in [-0.2, 0) is 12.8 Å². The molecule has 0 amide bonds. The lowest BCUT2D eigenvalue weighted by molar-refractivity contribution is 0.288. The summed E-state index contributed by atoms with van der Waals surface area (Å²) in [6.07, 6.45) is 5.92. The summed E-state index contributed by atoms with van der Waals surface area (Å²) in [6, 6.07) is 9.07. The van der Waals surface area contributed by atoms with Gasteiger partial charge in [-0.25, -0.2) is 4.39 Å². The summed E-state index contributed by atoms with van der Waals surface area (Å²) in [6.45, 7) is 4.54. The maximum absolute atomic E-state index is 14.1. The molecule has 5 nitrogen and oxygen atoms in total. The monoisotopic (exact) mass is 412 g/mol. The van der Waals surface area contributed by atoms with Crippen LogP contribution in [0.3, 0.4) is 0 Å². The zero-order chi connectivity index (χ0) is 20.9. The second-order valence-electron chi connectivity index (χ2n) is 7.77. The van der Waals surface area contributed by atoms with E-state index >= 15 is 0 Å². The van der Waals surface area contributed by atoms with Gasteiger partial charge < -0.3 is 18.9 Å². The SMILES string of the molecule is CCc1ccc(OCCCc2noc3cc(F)cc(N4CCCCC4)c23)c(OC)c1. The lowest BCUT2D eigenvalue weighted by Gasteiger charge is -2.29. The number of fused-ring (bicyclic) bond motifs is 1. The first-order chi connectivity index (χ1) is 14.7. The molecule has 0 radical (unpaired) electrons. The molecule has 1 saturated heterocycles. The van der Waals surface area contributed by atoms with Gasteiger partial charge in [0.2, 0.25) is 0 Å². The van der Waals surface area contributed by atoms with E-state index < -0.39 is 0 Å². The molecule has 0 saturated carbocycles. The predicted molar refractivity (Wildman–Crippen MR) is 116 cm³/mol. The molecule has 2 heterocycles. The number of benzene rings is 2. The molecule has 160 valence electrons. The zero-order valence-corrected chi connectivity index (χ0v) is 17.7. The van der Waals surface area contributed by atoms with Crippen molar-refractivity contribution in [1.82, 2.24) is 5.16 Å². The van der Waals surface area contributed by atoms with E-state index in [-0.39, 0.29) is 5.82 Å². The minimum atomic E-state index is -0.281. The van der Waals surface area contributed by atoms with Gasteiger partial charge in [0.15, 0.2) is 17.1 Å². The van der Waals surface area contributed by atoms with Gasteiger partial charge in [0.05, 0.1) is 30.5 Å². The largest absolute Gasteiger partial charge is 0.493 e. The third kappa shape index (κ3) is 4.37. The number of hydrogen-bond acceptors (Lipinski definition) is 5. The Morgan fingerprint density at radius 2 is 1.93 bits per heavy atom. The number of rotatable bonds is 8. The van der Waals surface area contributed by atoms with Crippen molar-refractivity contribution in [2.75, 3.05) is 31.7 Å². The Morgan fingerprint density at radius 3 is 2.70 bits per heavy atom. The third-order valence-electron chi connectivity index (χ3n) is 5.74. The molecule has 3 aromatic rings. The van der Waals surface area contributed by atoms with Gasteiger partial charge >= 0.3 is 0 Å². The number of ether oxygens (including phenoxy) is 2. The summed E-state index contributed by atoms with van der Waals surface area (Å²) in [7, 11) is 1.66. The first-order valence-corrected chi connectivity index (χ1v) is 10.8. The topological polar surface area (TPSA) is 47.7 Å². The summed E-state index contributed by atoms with van der Waals surface area (Å²) in [5.41, 5.74) is 3.50. The molecule has 0 bridgehead atoms. The lowest BCUT2D eigenvalue weighted by Crippen LogP contribution is -2.29.